The van der Waals surface area contributed by atoms with E-state index in [0.717, 1.165) is 12.2 Å². The second-order valence-electron chi connectivity index (χ2n) is 4.24. The van der Waals surface area contributed by atoms with Crippen LogP contribution < -0.4 is 0 Å². The molecule has 0 aliphatic carbocycles. The van der Waals surface area contributed by atoms with E-state index in [2.05, 4.69) is 5.10 Å². The Hall–Kier alpha value is -1.14. The van der Waals surface area contributed by atoms with Gasteiger partial charge in [-0.25, -0.2) is 0 Å². The Balaban J connectivity index is 2.24. The van der Waals surface area contributed by atoms with Gasteiger partial charge in [0.1, 0.15) is 4.32 Å². The average Bonchev–Trinajstić information content (AvgIpc) is 2.85. The molecule has 0 spiro atoms. The summed E-state index contributed by atoms with van der Waals surface area (Å²) in [6.45, 7) is 6.76. The van der Waals surface area contributed by atoms with Gasteiger partial charge >= 0.3 is 0 Å². The van der Waals surface area contributed by atoms with E-state index in [1.165, 1.54) is 11.8 Å². The Labute approximate surface area is 116 Å². The van der Waals surface area contributed by atoms with Crippen molar-refractivity contribution >= 4 is 40.3 Å². The van der Waals surface area contributed by atoms with E-state index in [0.29, 0.717) is 9.23 Å². The first-order valence-electron chi connectivity index (χ1n) is 5.83. The monoisotopic (exact) mass is 281 g/mol. The van der Waals surface area contributed by atoms with Gasteiger partial charge in [-0.3, -0.25) is 14.4 Å². The molecule has 0 aromatic carbocycles. The maximum Gasteiger partial charge on any atom is 0.266 e. The minimum Gasteiger partial charge on any atom is -0.290 e. The number of hydrogen-bond acceptors (Lipinski definition) is 4. The number of aromatic nitrogens is 2. The Morgan fingerprint density at radius 2 is 2.28 bits per heavy atom. The highest BCUT2D eigenvalue weighted by molar-refractivity contribution is 8.26. The zero-order valence-corrected chi connectivity index (χ0v) is 12.2. The molecule has 96 valence electrons. The first-order valence-corrected chi connectivity index (χ1v) is 7.06. The third kappa shape index (κ3) is 2.49. The summed E-state index contributed by atoms with van der Waals surface area (Å²) < 4.78 is 2.45. The molecule has 2 heterocycles. The maximum atomic E-state index is 12.2. The van der Waals surface area contributed by atoms with Crippen LogP contribution in [0.3, 0.4) is 0 Å². The second kappa shape index (κ2) is 5.24. The van der Waals surface area contributed by atoms with Gasteiger partial charge < -0.3 is 0 Å². The molecule has 0 radical (unpaired) electrons. The van der Waals surface area contributed by atoms with Gasteiger partial charge in [-0.05, 0) is 32.9 Å². The van der Waals surface area contributed by atoms with E-state index in [4.69, 9.17) is 12.2 Å². The number of thioether (sulfide) groups is 1. The van der Waals surface area contributed by atoms with Gasteiger partial charge in [-0.15, -0.1) is 0 Å². The molecule has 0 unspecified atom stereocenters. The topological polar surface area (TPSA) is 38.1 Å². The van der Waals surface area contributed by atoms with Crippen LogP contribution in [0.2, 0.25) is 0 Å². The zero-order chi connectivity index (χ0) is 13.3. The van der Waals surface area contributed by atoms with Crippen LogP contribution in [-0.4, -0.2) is 30.9 Å². The molecule has 1 aromatic heterocycles. The average molecular weight is 281 g/mol. The molecule has 1 aromatic rings. The highest BCUT2D eigenvalue weighted by Gasteiger charge is 2.33. The van der Waals surface area contributed by atoms with Crippen molar-refractivity contribution in [3.05, 3.63) is 22.9 Å². The predicted octanol–water partition coefficient (Wildman–Crippen LogP) is 2.51. The van der Waals surface area contributed by atoms with Crippen molar-refractivity contribution in [1.82, 2.24) is 14.7 Å². The van der Waals surface area contributed by atoms with E-state index in [9.17, 15) is 4.79 Å². The SMILES string of the molecule is CCn1ccc(C=C2SC(=S)N(C(C)C)C2=O)n1. The zero-order valence-electron chi connectivity index (χ0n) is 10.6. The molecule has 18 heavy (non-hydrogen) atoms. The largest absolute Gasteiger partial charge is 0.290 e. The van der Waals surface area contributed by atoms with Crippen LogP contribution in [0.5, 0.6) is 0 Å². The van der Waals surface area contributed by atoms with Crippen molar-refractivity contribution in [2.45, 2.75) is 33.4 Å². The van der Waals surface area contributed by atoms with Crippen molar-refractivity contribution in [3.8, 4) is 0 Å². The van der Waals surface area contributed by atoms with Gasteiger partial charge in [0.05, 0.1) is 10.6 Å². The smallest absolute Gasteiger partial charge is 0.266 e. The molecule has 1 aliphatic rings. The molecule has 2 rings (SSSR count). The van der Waals surface area contributed by atoms with Crippen molar-refractivity contribution in [2.24, 2.45) is 0 Å². The van der Waals surface area contributed by atoms with Gasteiger partial charge in [0.2, 0.25) is 0 Å². The summed E-state index contributed by atoms with van der Waals surface area (Å²) in [4.78, 5) is 14.4. The van der Waals surface area contributed by atoms with E-state index in [-0.39, 0.29) is 11.9 Å². The van der Waals surface area contributed by atoms with Crippen LogP contribution in [0.25, 0.3) is 6.08 Å². The highest BCUT2D eigenvalue weighted by Crippen LogP contribution is 2.33. The Kier molecular flexibility index (Phi) is 3.87. The first kappa shape index (κ1) is 13.3. The van der Waals surface area contributed by atoms with Gasteiger partial charge in [0.15, 0.2) is 0 Å². The number of nitrogens with zero attached hydrogens (tertiary/aromatic N) is 3. The number of amides is 1. The lowest BCUT2D eigenvalue weighted by Gasteiger charge is -2.18. The van der Waals surface area contributed by atoms with Crippen molar-refractivity contribution < 1.29 is 4.79 Å². The van der Waals surface area contributed by atoms with Gasteiger partial charge in [0, 0.05) is 18.8 Å². The standard InChI is InChI=1S/C12H15N3OS2/c1-4-14-6-5-9(13-14)7-10-11(16)15(8(2)3)12(17)18-10/h5-8H,4H2,1-3H3. The Morgan fingerprint density at radius 1 is 1.56 bits per heavy atom. The molecule has 4 nitrogen and oxygen atoms in total. The lowest BCUT2D eigenvalue weighted by atomic mass is 10.3. The fraction of sp³-hybridized carbons (Fsp3) is 0.417. The summed E-state index contributed by atoms with van der Waals surface area (Å²) in [5.74, 6) is -0.0222. The molecule has 0 atom stereocenters. The molecule has 1 aliphatic heterocycles. The van der Waals surface area contributed by atoms with Crippen molar-refractivity contribution in [1.29, 1.82) is 0 Å². The van der Waals surface area contributed by atoms with Crippen molar-refractivity contribution in [2.75, 3.05) is 0 Å². The predicted molar refractivity (Wildman–Crippen MR) is 78.0 cm³/mol. The van der Waals surface area contributed by atoms with E-state index < -0.39 is 0 Å². The highest BCUT2D eigenvalue weighted by atomic mass is 32.2. The van der Waals surface area contributed by atoms with Crippen LogP contribution in [0, 0.1) is 0 Å². The summed E-state index contributed by atoms with van der Waals surface area (Å²) in [6, 6.07) is 1.99. The summed E-state index contributed by atoms with van der Waals surface area (Å²) in [7, 11) is 0. The van der Waals surface area contributed by atoms with E-state index in [1.54, 1.807) is 11.0 Å². The number of carbonyl (C=O) groups is 1. The molecular formula is C12H15N3OS2. The molecule has 0 saturated carbocycles. The lowest BCUT2D eigenvalue weighted by molar-refractivity contribution is -0.123. The Bertz CT molecular complexity index is 519. The molecule has 1 amide bonds. The second-order valence-corrected chi connectivity index (χ2v) is 5.92. The van der Waals surface area contributed by atoms with Gasteiger partial charge in [0.25, 0.3) is 5.91 Å². The van der Waals surface area contributed by atoms with Gasteiger partial charge in [-0.2, -0.15) is 5.10 Å². The van der Waals surface area contributed by atoms with Crippen LogP contribution in [0.15, 0.2) is 17.2 Å². The number of carbonyl (C=O) groups excluding carboxylic acids is 1. The molecule has 0 N–H and O–H groups in total. The van der Waals surface area contributed by atoms with Crippen molar-refractivity contribution in [3.63, 3.8) is 0 Å². The number of hydrogen-bond donors (Lipinski definition) is 0. The minimum absolute atomic E-state index is 0.0222. The summed E-state index contributed by atoms with van der Waals surface area (Å²) in [5.41, 5.74) is 0.793. The number of thiocarbonyl (C=S) groups is 1. The summed E-state index contributed by atoms with van der Waals surface area (Å²) in [5, 5.41) is 4.33. The van der Waals surface area contributed by atoms with Crippen LogP contribution in [0.1, 0.15) is 26.5 Å². The fourth-order valence-electron chi connectivity index (χ4n) is 1.69. The fourth-order valence-corrected chi connectivity index (χ4v) is 3.20. The third-order valence-electron chi connectivity index (χ3n) is 2.60. The lowest BCUT2D eigenvalue weighted by Crippen LogP contribution is -2.34. The van der Waals surface area contributed by atoms with Gasteiger partial charge in [-0.1, -0.05) is 24.0 Å². The van der Waals surface area contributed by atoms with Crippen LogP contribution in [0.4, 0.5) is 0 Å². The molecule has 1 fully saturated rings. The third-order valence-corrected chi connectivity index (χ3v) is 3.93. The minimum atomic E-state index is -0.0222. The number of aryl methyl sites for hydroxylation is 1. The quantitative estimate of drug-likeness (QED) is 0.630. The molecular weight excluding hydrogens is 266 g/mol. The maximum absolute atomic E-state index is 12.2. The first-order chi connectivity index (χ1) is 8.52. The Morgan fingerprint density at radius 3 is 2.78 bits per heavy atom. The summed E-state index contributed by atoms with van der Waals surface area (Å²) in [6.07, 6.45) is 3.70. The normalized spacial score (nSPS) is 18.4. The van der Waals surface area contributed by atoms with E-state index >= 15 is 0 Å². The number of rotatable bonds is 3. The molecule has 0 bridgehead atoms. The van der Waals surface area contributed by atoms with E-state index in [1.807, 2.05) is 37.7 Å². The molecule has 6 heteroatoms. The van der Waals surface area contributed by atoms with Crippen LogP contribution >= 0.6 is 24.0 Å². The summed E-state index contributed by atoms with van der Waals surface area (Å²) >= 11 is 6.56. The molecule has 1 saturated heterocycles. The van der Waals surface area contributed by atoms with Crippen LogP contribution in [-0.2, 0) is 11.3 Å².